The van der Waals surface area contributed by atoms with Crippen LogP contribution in [0.3, 0.4) is 0 Å². The first-order valence-corrected chi connectivity index (χ1v) is 4.25. The molecule has 0 heterocycles. The molecule has 1 aromatic rings. The fourth-order valence-electron chi connectivity index (χ4n) is 0.900. The molecule has 1 heteroatoms. The monoisotopic (exact) mass is 163 g/mol. The van der Waals surface area contributed by atoms with Crippen molar-refractivity contribution in [3.05, 3.63) is 36.2 Å². The van der Waals surface area contributed by atoms with E-state index in [9.17, 15) is 0 Å². The van der Waals surface area contributed by atoms with Gasteiger partial charge in [-0.1, -0.05) is 24.6 Å². The molecule has 0 spiro atoms. The van der Waals surface area contributed by atoms with Gasteiger partial charge >= 0.3 is 0 Å². The lowest BCUT2D eigenvalue weighted by Gasteiger charge is -2.11. The largest absolute Gasteiger partial charge is 0.490 e. The second-order valence-corrected chi connectivity index (χ2v) is 2.97. The maximum Gasteiger partial charge on any atom is 0.119 e. The first-order valence-electron chi connectivity index (χ1n) is 4.25. The zero-order valence-corrected chi connectivity index (χ0v) is 7.87. The molecule has 0 aliphatic rings. The van der Waals surface area contributed by atoms with Crippen LogP contribution in [0.15, 0.2) is 24.3 Å². The van der Waals surface area contributed by atoms with Gasteiger partial charge in [-0.3, -0.25) is 0 Å². The molecule has 0 N–H and O–H groups in total. The quantitative estimate of drug-likeness (QED) is 0.665. The van der Waals surface area contributed by atoms with Crippen LogP contribution in [-0.4, -0.2) is 6.10 Å². The van der Waals surface area contributed by atoms with E-state index in [2.05, 4.69) is 19.1 Å². The Labute approximate surface area is 74.4 Å². The summed E-state index contributed by atoms with van der Waals surface area (Å²) in [7, 11) is 0. The Balaban J connectivity index is 2.58. The van der Waals surface area contributed by atoms with E-state index in [0.717, 1.165) is 5.75 Å². The summed E-state index contributed by atoms with van der Waals surface area (Å²) in [6, 6.07) is 8.10. The van der Waals surface area contributed by atoms with E-state index in [1.807, 2.05) is 32.4 Å². The van der Waals surface area contributed by atoms with Crippen molar-refractivity contribution in [1.82, 2.24) is 0 Å². The molecule has 0 saturated heterocycles. The number of hydrogen-bond acceptors (Lipinski definition) is 1. The lowest BCUT2D eigenvalue weighted by Crippen LogP contribution is -2.10. The van der Waals surface area contributed by atoms with Gasteiger partial charge in [-0.15, -0.1) is 0 Å². The lowest BCUT2D eigenvalue weighted by molar-refractivity contribution is 0.254. The number of benzene rings is 1. The van der Waals surface area contributed by atoms with Gasteiger partial charge < -0.3 is 4.74 Å². The van der Waals surface area contributed by atoms with Crippen LogP contribution in [0.4, 0.5) is 0 Å². The van der Waals surface area contributed by atoms with Gasteiger partial charge in [0.2, 0.25) is 0 Å². The van der Waals surface area contributed by atoms with Gasteiger partial charge in [0.1, 0.15) is 5.75 Å². The molecule has 0 amide bonds. The summed E-state index contributed by atoms with van der Waals surface area (Å²) in [5, 5.41) is 0. The highest BCUT2D eigenvalue weighted by Gasteiger charge is 1.99. The van der Waals surface area contributed by atoms with Gasteiger partial charge in [0, 0.05) is 0 Å². The van der Waals surface area contributed by atoms with Crippen LogP contribution in [-0.2, 0) is 0 Å². The summed E-state index contributed by atoms with van der Waals surface area (Å²) in [5.41, 5.74) is 1.26. The van der Waals surface area contributed by atoms with Crippen LogP contribution >= 0.6 is 0 Å². The van der Waals surface area contributed by atoms with Gasteiger partial charge in [-0.05, 0) is 32.4 Å². The molecule has 0 aliphatic carbocycles. The zero-order chi connectivity index (χ0) is 8.97. The maximum atomic E-state index is 5.56. The second-order valence-electron chi connectivity index (χ2n) is 2.97. The number of rotatable bonds is 3. The van der Waals surface area contributed by atoms with Crippen molar-refractivity contribution >= 4 is 0 Å². The Kier molecular flexibility index (Phi) is 3.15. The summed E-state index contributed by atoms with van der Waals surface area (Å²) in [6.45, 7) is 6.10. The maximum absolute atomic E-state index is 5.56. The van der Waals surface area contributed by atoms with Gasteiger partial charge in [-0.25, -0.2) is 0 Å². The molecule has 65 valence electrons. The van der Waals surface area contributed by atoms with Crippen LogP contribution < -0.4 is 4.74 Å². The van der Waals surface area contributed by atoms with E-state index < -0.39 is 0 Å². The van der Waals surface area contributed by atoms with Gasteiger partial charge in [0.05, 0.1) is 6.10 Å². The molecule has 0 fully saturated rings. The predicted molar refractivity (Wildman–Crippen MR) is 51.2 cm³/mol. The molecule has 1 unspecified atom stereocenters. The van der Waals surface area contributed by atoms with E-state index in [-0.39, 0.29) is 6.10 Å². The molecule has 0 bridgehead atoms. The van der Waals surface area contributed by atoms with E-state index in [1.165, 1.54) is 5.56 Å². The second kappa shape index (κ2) is 4.15. The highest BCUT2D eigenvalue weighted by atomic mass is 16.5. The van der Waals surface area contributed by atoms with Crippen molar-refractivity contribution < 1.29 is 4.74 Å². The summed E-state index contributed by atoms with van der Waals surface area (Å²) < 4.78 is 5.56. The van der Waals surface area contributed by atoms with Crippen LogP contribution in [0.2, 0.25) is 0 Å². The summed E-state index contributed by atoms with van der Waals surface area (Å²) in [4.78, 5) is 0. The highest BCUT2D eigenvalue weighted by molar-refractivity contribution is 5.26. The topological polar surface area (TPSA) is 9.23 Å². The zero-order valence-electron chi connectivity index (χ0n) is 7.87. The number of aryl methyl sites for hydroxylation is 1. The van der Waals surface area contributed by atoms with Crippen LogP contribution in [0, 0.1) is 13.3 Å². The lowest BCUT2D eigenvalue weighted by atomic mass is 10.2. The van der Waals surface area contributed by atoms with E-state index in [1.54, 1.807) is 0 Å². The molecule has 0 saturated carbocycles. The molecule has 12 heavy (non-hydrogen) atoms. The first kappa shape index (κ1) is 9.11. The van der Waals surface area contributed by atoms with E-state index >= 15 is 0 Å². The van der Waals surface area contributed by atoms with Crippen molar-refractivity contribution in [3.63, 3.8) is 0 Å². The predicted octanol–water partition coefficient (Wildman–Crippen LogP) is 2.99. The summed E-state index contributed by atoms with van der Waals surface area (Å²) in [6.07, 6.45) is 2.22. The van der Waals surface area contributed by atoms with Gasteiger partial charge in [0.15, 0.2) is 0 Å². The van der Waals surface area contributed by atoms with Crippen molar-refractivity contribution in [3.8, 4) is 5.75 Å². The van der Waals surface area contributed by atoms with Crippen LogP contribution in [0.5, 0.6) is 5.75 Å². The highest BCUT2D eigenvalue weighted by Crippen LogP contribution is 2.13. The van der Waals surface area contributed by atoms with Crippen molar-refractivity contribution in [2.75, 3.05) is 0 Å². The molecule has 0 aromatic heterocycles. The van der Waals surface area contributed by atoms with Crippen LogP contribution in [0.1, 0.15) is 19.4 Å². The van der Waals surface area contributed by atoms with Crippen LogP contribution in [0.25, 0.3) is 0 Å². The normalized spacial score (nSPS) is 12.6. The minimum Gasteiger partial charge on any atom is -0.490 e. The molecule has 1 rings (SSSR count). The molecule has 1 atom stereocenters. The summed E-state index contributed by atoms with van der Waals surface area (Å²) >= 11 is 0. The smallest absolute Gasteiger partial charge is 0.119 e. The molecule has 1 radical (unpaired) electrons. The Hall–Kier alpha value is -0.980. The standard InChI is InChI=1S/C11H15O/c1-4-10(3)12-11-7-5-9(2)6-8-11/h4-8,10H,1-3H3. The Morgan fingerprint density at radius 2 is 1.83 bits per heavy atom. The fraction of sp³-hybridized carbons (Fsp3) is 0.364. The average molecular weight is 163 g/mol. The minimum atomic E-state index is 0.188. The molecule has 0 aliphatic heterocycles. The molecular weight excluding hydrogens is 148 g/mol. The van der Waals surface area contributed by atoms with Gasteiger partial charge in [-0.2, -0.15) is 0 Å². The average Bonchev–Trinajstić information content (AvgIpc) is 2.09. The molecule has 1 nitrogen and oxygen atoms in total. The third kappa shape index (κ3) is 2.57. The molecular formula is C11H15O. The van der Waals surface area contributed by atoms with Crippen molar-refractivity contribution in [2.45, 2.75) is 26.9 Å². The number of ether oxygens (including phenoxy) is 1. The van der Waals surface area contributed by atoms with Crippen molar-refractivity contribution in [2.24, 2.45) is 0 Å². The third-order valence-electron chi connectivity index (χ3n) is 1.81. The number of hydrogen-bond donors (Lipinski definition) is 0. The Morgan fingerprint density at radius 1 is 1.25 bits per heavy atom. The van der Waals surface area contributed by atoms with Crippen molar-refractivity contribution in [1.29, 1.82) is 0 Å². The van der Waals surface area contributed by atoms with Gasteiger partial charge in [0.25, 0.3) is 0 Å². The molecule has 1 aromatic carbocycles. The third-order valence-corrected chi connectivity index (χ3v) is 1.81. The van der Waals surface area contributed by atoms with E-state index in [0.29, 0.717) is 0 Å². The minimum absolute atomic E-state index is 0.188. The fourth-order valence-corrected chi connectivity index (χ4v) is 0.900. The summed E-state index contributed by atoms with van der Waals surface area (Å²) in [5.74, 6) is 0.936. The SMILES string of the molecule is C[CH]C(C)Oc1ccc(C)cc1. The Bertz CT molecular complexity index is 225. The first-order chi connectivity index (χ1) is 5.72. The van der Waals surface area contributed by atoms with E-state index in [4.69, 9.17) is 4.74 Å². The Morgan fingerprint density at radius 3 is 2.33 bits per heavy atom.